The number of aromatic nitrogens is 2. The van der Waals surface area contributed by atoms with Gasteiger partial charge in [0.05, 0.1) is 12.5 Å². The molecule has 2 heterocycles. The number of alkyl halides is 3. The highest BCUT2D eigenvalue weighted by atomic mass is 19.4. The number of carbonyl (C=O) groups excluding carboxylic acids is 2. The fourth-order valence-electron chi connectivity index (χ4n) is 2.66. The predicted octanol–water partition coefficient (Wildman–Crippen LogP) is 2.01. The highest BCUT2D eigenvalue weighted by molar-refractivity contribution is 5.77. The summed E-state index contributed by atoms with van der Waals surface area (Å²) in [5, 5.41) is 3.45. The van der Waals surface area contributed by atoms with E-state index in [1.165, 1.54) is 6.92 Å². The Hall–Kier alpha value is -2.06. The SMILES string of the molecule is CCOC(=O)C1CCN(C(=O)Cn2nc(C(F)(F)F)cc2C)CC1. The summed E-state index contributed by atoms with van der Waals surface area (Å²) in [5.41, 5.74) is -0.731. The molecule has 0 aliphatic carbocycles. The average Bonchev–Trinajstić information content (AvgIpc) is 2.89. The molecule has 24 heavy (non-hydrogen) atoms. The van der Waals surface area contributed by atoms with Crippen molar-refractivity contribution in [1.29, 1.82) is 0 Å². The monoisotopic (exact) mass is 347 g/mol. The fourth-order valence-corrected chi connectivity index (χ4v) is 2.66. The zero-order valence-corrected chi connectivity index (χ0v) is 13.6. The van der Waals surface area contributed by atoms with Crippen LogP contribution < -0.4 is 0 Å². The number of halogens is 3. The maximum Gasteiger partial charge on any atom is 0.435 e. The molecule has 0 aromatic carbocycles. The molecule has 1 aliphatic heterocycles. The summed E-state index contributed by atoms with van der Waals surface area (Å²) in [6.07, 6.45) is -3.54. The van der Waals surface area contributed by atoms with E-state index >= 15 is 0 Å². The maximum atomic E-state index is 12.6. The molecule has 1 aromatic rings. The van der Waals surface area contributed by atoms with Crippen LogP contribution >= 0.6 is 0 Å². The van der Waals surface area contributed by atoms with Crippen LogP contribution in [-0.4, -0.2) is 46.3 Å². The Bertz CT molecular complexity index is 605. The number of hydrogen-bond acceptors (Lipinski definition) is 4. The van der Waals surface area contributed by atoms with E-state index in [4.69, 9.17) is 4.74 Å². The van der Waals surface area contributed by atoms with Crippen molar-refractivity contribution in [3.63, 3.8) is 0 Å². The van der Waals surface area contributed by atoms with Crippen LogP contribution in [0.15, 0.2) is 6.07 Å². The molecule has 9 heteroatoms. The molecule has 1 fully saturated rings. The molecule has 0 bridgehead atoms. The van der Waals surface area contributed by atoms with Crippen LogP contribution in [0.2, 0.25) is 0 Å². The highest BCUT2D eigenvalue weighted by Gasteiger charge is 2.35. The van der Waals surface area contributed by atoms with Crippen LogP contribution in [0, 0.1) is 12.8 Å². The standard InChI is InChI=1S/C15H20F3N3O3/c1-3-24-14(23)11-4-6-20(7-5-11)13(22)9-21-10(2)8-12(19-21)15(16,17)18/h8,11H,3-7,9H2,1-2H3. The Morgan fingerprint density at radius 1 is 1.33 bits per heavy atom. The van der Waals surface area contributed by atoms with E-state index in [1.807, 2.05) is 0 Å². The van der Waals surface area contributed by atoms with E-state index in [9.17, 15) is 22.8 Å². The molecule has 0 unspecified atom stereocenters. The van der Waals surface area contributed by atoms with E-state index in [1.54, 1.807) is 11.8 Å². The molecule has 1 aliphatic rings. The Kier molecular flexibility index (Phi) is 5.51. The van der Waals surface area contributed by atoms with Gasteiger partial charge in [-0.15, -0.1) is 0 Å². The summed E-state index contributed by atoms with van der Waals surface area (Å²) in [6.45, 7) is 4.05. The molecule has 0 radical (unpaired) electrons. The molecule has 1 amide bonds. The summed E-state index contributed by atoms with van der Waals surface area (Å²) in [5.74, 6) is -0.795. The third-order valence-corrected chi connectivity index (χ3v) is 4.02. The lowest BCUT2D eigenvalue weighted by atomic mass is 9.97. The van der Waals surface area contributed by atoms with E-state index in [2.05, 4.69) is 5.10 Å². The molecule has 1 saturated heterocycles. The van der Waals surface area contributed by atoms with Crippen molar-refractivity contribution in [2.75, 3.05) is 19.7 Å². The van der Waals surface area contributed by atoms with Crippen LogP contribution in [-0.2, 0) is 27.0 Å². The molecule has 6 nitrogen and oxygen atoms in total. The number of carbonyl (C=O) groups is 2. The zero-order chi connectivity index (χ0) is 17.9. The molecule has 2 rings (SSSR count). The highest BCUT2D eigenvalue weighted by Crippen LogP contribution is 2.28. The summed E-state index contributed by atoms with van der Waals surface area (Å²) in [7, 11) is 0. The third kappa shape index (κ3) is 4.27. The lowest BCUT2D eigenvalue weighted by Gasteiger charge is -2.31. The van der Waals surface area contributed by atoms with Gasteiger partial charge in [-0.3, -0.25) is 14.3 Å². The van der Waals surface area contributed by atoms with Crippen LogP contribution in [0.1, 0.15) is 31.2 Å². The number of piperidine rings is 1. The van der Waals surface area contributed by atoms with Crippen LogP contribution in [0.3, 0.4) is 0 Å². The van der Waals surface area contributed by atoms with Crippen molar-refractivity contribution < 1.29 is 27.5 Å². The van der Waals surface area contributed by atoms with Crippen molar-refractivity contribution in [2.24, 2.45) is 5.92 Å². The number of ether oxygens (including phenoxy) is 1. The first-order chi connectivity index (χ1) is 11.2. The van der Waals surface area contributed by atoms with Gasteiger partial charge < -0.3 is 9.64 Å². The van der Waals surface area contributed by atoms with Crippen LogP contribution in [0.4, 0.5) is 13.2 Å². The normalized spacial score (nSPS) is 16.3. The first-order valence-corrected chi connectivity index (χ1v) is 7.78. The number of hydrogen-bond donors (Lipinski definition) is 0. The molecule has 0 atom stereocenters. The van der Waals surface area contributed by atoms with Gasteiger partial charge in [0, 0.05) is 18.8 Å². The molecule has 0 saturated carbocycles. The van der Waals surface area contributed by atoms with Gasteiger partial charge in [-0.2, -0.15) is 18.3 Å². The quantitative estimate of drug-likeness (QED) is 0.782. The first kappa shape index (κ1) is 18.3. The summed E-state index contributed by atoms with van der Waals surface area (Å²) in [4.78, 5) is 25.5. The van der Waals surface area contributed by atoms with Crippen molar-refractivity contribution in [3.8, 4) is 0 Å². The third-order valence-electron chi connectivity index (χ3n) is 4.02. The summed E-state index contributed by atoms with van der Waals surface area (Å²) < 4.78 is 43.9. The number of nitrogens with zero attached hydrogens (tertiary/aromatic N) is 3. The molecule has 0 N–H and O–H groups in total. The number of likely N-dealkylation sites (tertiary alicyclic amines) is 1. The second-order valence-electron chi connectivity index (χ2n) is 5.73. The van der Waals surface area contributed by atoms with Crippen molar-refractivity contribution in [2.45, 2.75) is 39.4 Å². The van der Waals surface area contributed by atoms with Crippen molar-refractivity contribution in [1.82, 2.24) is 14.7 Å². The summed E-state index contributed by atoms with van der Waals surface area (Å²) >= 11 is 0. The molecule has 134 valence electrons. The second kappa shape index (κ2) is 7.23. The van der Waals surface area contributed by atoms with E-state index in [0.717, 1.165) is 10.7 Å². The lowest BCUT2D eigenvalue weighted by Crippen LogP contribution is -2.42. The number of aryl methyl sites for hydroxylation is 1. The van der Waals surface area contributed by atoms with Gasteiger partial charge in [-0.05, 0) is 32.8 Å². The van der Waals surface area contributed by atoms with Crippen LogP contribution in [0.25, 0.3) is 0 Å². The van der Waals surface area contributed by atoms with Gasteiger partial charge in [0.15, 0.2) is 5.69 Å². The Balaban J connectivity index is 1.93. The van der Waals surface area contributed by atoms with E-state index in [0.29, 0.717) is 32.5 Å². The van der Waals surface area contributed by atoms with Crippen molar-refractivity contribution >= 4 is 11.9 Å². The molecular formula is C15H20F3N3O3. The minimum absolute atomic E-state index is 0.225. The summed E-state index contributed by atoms with van der Waals surface area (Å²) in [6, 6.07) is 0.917. The Labute approximate surface area is 137 Å². The zero-order valence-electron chi connectivity index (χ0n) is 13.6. The molecule has 1 aromatic heterocycles. The van der Waals surface area contributed by atoms with Gasteiger partial charge in [0.1, 0.15) is 6.54 Å². The number of rotatable bonds is 4. The second-order valence-corrected chi connectivity index (χ2v) is 5.73. The Morgan fingerprint density at radius 3 is 2.46 bits per heavy atom. The lowest BCUT2D eigenvalue weighted by molar-refractivity contribution is -0.151. The van der Waals surface area contributed by atoms with Gasteiger partial charge in [0.2, 0.25) is 5.91 Å². The smallest absolute Gasteiger partial charge is 0.435 e. The largest absolute Gasteiger partial charge is 0.466 e. The maximum absolute atomic E-state index is 12.6. The predicted molar refractivity (Wildman–Crippen MR) is 77.9 cm³/mol. The first-order valence-electron chi connectivity index (χ1n) is 7.78. The average molecular weight is 347 g/mol. The molecule has 0 spiro atoms. The van der Waals surface area contributed by atoms with E-state index in [-0.39, 0.29) is 30.0 Å². The van der Waals surface area contributed by atoms with Gasteiger partial charge in [-0.25, -0.2) is 0 Å². The van der Waals surface area contributed by atoms with Crippen LogP contribution in [0.5, 0.6) is 0 Å². The fraction of sp³-hybridized carbons (Fsp3) is 0.667. The van der Waals surface area contributed by atoms with Gasteiger partial charge >= 0.3 is 12.1 Å². The number of amides is 1. The van der Waals surface area contributed by atoms with E-state index < -0.39 is 11.9 Å². The van der Waals surface area contributed by atoms with Crippen molar-refractivity contribution in [3.05, 3.63) is 17.5 Å². The number of esters is 1. The molecular weight excluding hydrogens is 327 g/mol. The Morgan fingerprint density at radius 2 is 1.96 bits per heavy atom. The minimum Gasteiger partial charge on any atom is -0.466 e. The topological polar surface area (TPSA) is 64.4 Å². The van der Waals surface area contributed by atoms with Gasteiger partial charge in [-0.1, -0.05) is 0 Å². The minimum atomic E-state index is -4.53. The van der Waals surface area contributed by atoms with Gasteiger partial charge in [0.25, 0.3) is 0 Å².